The molecule has 2 aromatic carbocycles. The SMILES string of the molecule is Cc1cc(Br)ccc1NC(=O)CN(C)S(=O)(=O)/C=C/c1ccc(Cl)cc1. The number of halogens is 2. The number of sulfonamides is 1. The average Bonchev–Trinajstić information content (AvgIpc) is 2.57. The molecule has 2 aromatic rings. The quantitative estimate of drug-likeness (QED) is 0.704. The molecule has 0 aliphatic heterocycles. The number of likely N-dealkylation sites (N-methyl/N-ethyl adjacent to an activating group) is 1. The predicted molar refractivity (Wildman–Crippen MR) is 110 cm³/mol. The summed E-state index contributed by atoms with van der Waals surface area (Å²) in [6, 6.07) is 12.2. The van der Waals surface area contributed by atoms with Crippen LogP contribution in [0, 0.1) is 6.92 Å². The summed E-state index contributed by atoms with van der Waals surface area (Å²) in [6.45, 7) is 1.57. The number of carbonyl (C=O) groups excluding carboxylic acids is 1. The van der Waals surface area contributed by atoms with E-state index >= 15 is 0 Å². The first-order valence-electron chi connectivity index (χ1n) is 7.63. The van der Waals surface area contributed by atoms with Crippen molar-refractivity contribution in [1.29, 1.82) is 0 Å². The van der Waals surface area contributed by atoms with Crippen molar-refractivity contribution in [2.24, 2.45) is 0 Å². The van der Waals surface area contributed by atoms with Gasteiger partial charge in [-0.15, -0.1) is 0 Å². The van der Waals surface area contributed by atoms with Gasteiger partial charge in [0.05, 0.1) is 6.54 Å². The molecule has 0 fully saturated rings. The summed E-state index contributed by atoms with van der Waals surface area (Å²) in [5.74, 6) is -0.415. The van der Waals surface area contributed by atoms with Crippen molar-refractivity contribution in [2.75, 3.05) is 18.9 Å². The lowest BCUT2D eigenvalue weighted by Gasteiger charge is -2.15. The van der Waals surface area contributed by atoms with Crippen LogP contribution in [0.3, 0.4) is 0 Å². The summed E-state index contributed by atoms with van der Waals surface area (Å²) in [7, 11) is -2.36. The summed E-state index contributed by atoms with van der Waals surface area (Å²) >= 11 is 9.15. The minimum Gasteiger partial charge on any atom is -0.325 e. The first-order chi connectivity index (χ1) is 12.2. The molecule has 0 radical (unpaired) electrons. The summed E-state index contributed by atoms with van der Waals surface area (Å²) in [4.78, 5) is 12.2. The third-order valence-electron chi connectivity index (χ3n) is 3.57. The van der Waals surface area contributed by atoms with Gasteiger partial charge in [-0.05, 0) is 54.5 Å². The Balaban J connectivity index is 2.01. The van der Waals surface area contributed by atoms with Gasteiger partial charge in [-0.1, -0.05) is 39.7 Å². The molecular weight excluding hydrogens is 440 g/mol. The van der Waals surface area contributed by atoms with Crippen molar-refractivity contribution in [3.8, 4) is 0 Å². The normalized spacial score (nSPS) is 11.9. The largest absolute Gasteiger partial charge is 0.325 e. The highest BCUT2D eigenvalue weighted by Gasteiger charge is 2.18. The van der Waals surface area contributed by atoms with Crippen molar-refractivity contribution < 1.29 is 13.2 Å². The molecule has 0 saturated carbocycles. The molecule has 0 unspecified atom stereocenters. The van der Waals surface area contributed by atoms with Crippen LogP contribution in [-0.2, 0) is 14.8 Å². The Morgan fingerprint density at radius 1 is 1.23 bits per heavy atom. The van der Waals surface area contributed by atoms with E-state index in [1.54, 1.807) is 36.4 Å². The second-order valence-electron chi connectivity index (χ2n) is 5.66. The molecule has 26 heavy (non-hydrogen) atoms. The summed E-state index contributed by atoms with van der Waals surface area (Å²) in [5.41, 5.74) is 2.21. The van der Waals surface area contributed by atoms with E-state index in [4.69, 9.17) is 11.6 Å². The Bertz CT molecular complexity index is 928. The predicted octanol–water partition coefficient (Wildman–Crippen LogP) is 4.28. The number of aryl methyl sites for hydroxylation is 1. The maximum Gasteiger partial charge on any atom is 0.239 e. The van der Waals surface area contributed by atoms with Gasteiger partial charge in [-0.2, -0.15) is 4.31 Å². The number of hydrogen-bond donors (Lipinski definition) is 1. The van der Waals surface area contributed by atoms with E-state index in [0.717, 1.165) is 19.7 Å². The zero-order valence-electron chi connectivity index (χ0n) is 14.2. The molecule has 0 aromatic heterocycles. The van der Waals surface area contributed by atoms with Crippen LogP contribution < -0.4 is 5.32 Å². The standard InChI is InChI=1S/C18H18BrClN2O3S/c1-13-11-15(19)5-8-17(13)21-18(23)12-22(2)26(24,25)10-9-14-3-6-16(20)7-4-14/h3-11H,12H2,1-2H3,(H,21,23)/b10-9+. The third kappa shape index (κ3) is 5.95. The zero-order chi connectivity index (χ0) is 19.3. The number of benzene rings is 2. The number of nitrogens with one attached hydrogen (secondary N) is 1. The fraction of sp³-hybridized carbons (Fsp3) is 0.167. The van der Waals surface area contributed by atoms with Crippen LogP contribution in [0.25, 0.3) is 6.08 Å². The van der Waals surface area contributed by atoms with Crippen molar-refractivity contribution >= 4 is 55.2 Å². The van der Waals surface area contributed by atoms with Gasteiger partial charge in [-0.3, -0.25) is 4.79 Å². The molecule has 2 rings (SSSR count). The van der Waals surface area contributed by atoms with Crippen molar-refractivity contribution in [3.63, 3.8) is 0 Å². The van der Waals surface area contributed by atoms with Crippen LogP contribution in [0.1, 0.15) is 11.1 Å². The van der Waals surface area contributed by atoms with Gasteiger partial charge in [0, 0.05) is 27.6 Å². The van der Waals surface area contributed by atoms with E-state index in [0.29, 0.717) is 16.3 Å². The zero-order valence-corrected chi connectivity index (χ0v) is 17.4. The summed E-state index contributed by atoms with van der Waals surface area (Å²) in [5, 5.41) is 4.35. The second kappa shape index (κ2) is 8.81. The van der Waals surface area contributed by atoms with E-state index in [9.17, 15) is 13.2 Å². The molecule has 5 nitrogen and oxygen atoms in total. The highest BCUT2D eigenvalue weighted by atomic mass is 79.9. The van der Waals surface area contributed by atoms with Crippen molar-refractivity contribution in [1.82, 2.24) is 4.31 Å². The molecule has 1 N–H and O–H groups in total. The van der Waals surface area contributed by atoms with Gasteiger partial charge in [0.25, 0.3) is 0 Å². The van der Waals surface area contributed by atoms with Crippen LogP contribution in [-0.4, -0.2) is 32.2 Å². The molecule has 138 valence electrons. The summed E-state index contributed by atoms with van der Waals surface area (Å²) in [6.07, 6.45) is 1.46. The number of anilines is 1. The first kappa shape index (κ1) is 20.6. The van der Waals surface area contributed by atoms with Gasteiger partial charge in [-0.25, -0.2) is 8.42 Å². The third-order valence-corrected chi connectivity index (χ3v) is 5.79. The lowest BCUT2D eigenvalue weighted by molar-refractivity contribution is -0.116. The molecule has 0 aliphatic carbocycles. The molecule has 0 bridgehead atoms. The molecule has 1 amide bonds. The lowest BCUT2D eigenvalue weighted by atomic mass is 10.2. The maximum absolute atomic E-state index is 12.3. The number of amides is 1. The van der Waals surface area contributed by atoms with Gasteiger partial charge < -0.3 is 5.32 Å². The monoisotopic (exact) mass is 456 g/mol. The number of carbonyl (C=O) groups is 1. The number of rotatable bonds is 6. The maximum atomic E-state index is 12.3. The van der Waals surface area contributed by atoms with Crippen LogP contribution in [0.4, 0.5) is 5.69 Å². The second-order valence-corrected chi connectivity index (χ2v) is 8.94. The van der Waals surface area contributed by atoms with Crippen molar-refractivity contribution in [2.45, 2.75) is 6.92 Å². The average molecular weight is 458 g/mol. The highest BCUT2D eigenvalue weighted by molar-refractivity contribution is 9.10. The topological polar surface area (TPSA) is 66.5 Å². The first-order valence-corrected chi connectivity index (χ1v) is 10.3. The number of nitrogens with zero attached hydrogens (tertiary/aromatic N) is 1. The fourth-order valence-corrected chi connectivity index (χ4v) is 3.53. The van der Waals surface area contributed by atoms with Gasteiger partial charge in [0.2, 0.25) is 15.9 Å². The molecule has 0 spiro atoms. The van der Waals surface area contributed by atoms with E-state index in [1.165, 1.54) is 13.1 Å². The summed E-state index contributed by atoms with van der Waals surface area (Å²) < 4.78 is 26.5. The molecular formula is C18H18BrClN2O3S. The molecule has 0 atom stereocenters. The Morgan fingerprint density at radius 3 is 2.50 bits per heavy atom. The van der Waals surface area contributed by atoms with Crippen LogP contribution in [0.15, 0.2) is 52.3 Å². The molecule has 0 saturated heterocycles. The smallest absolute Gasteiger partial charge is 0.239 e. The van der Waals surface area contributed by atoms with Gasteiger partial charge >= 0.3 is 0 Å². The van der Waals surface area contributed by atoms with E-state index in [2.05, 4.69) is 21.2 Å². The Hall–Kier alpha value is -1.67. The van der Waals surface area contributed by atoms with Crippen LogP contribution in [0.2, 0.25) is 5.02 Å². The van der Waals surface area contributed by atoms with Crippen LogP contribution in [0.5, 0.6) is 0 Å². The minimum absolute atomic E-state index is 0.289. The van der Waals surface area contributed by atoms with E-state index < -0.39 is 15.9 Å². The number of hydrogen-bond acceptors (Lipinski definition) is 3. The Kier molecular flexibility index (Phi) is 7.00. The lowest BCUT2D eigenvalue weighted by Crippen LogP contribution is -2.33. The Morgan fingerprint density at radius 2 is 1.88 bits per heavy atom. The molecule has 0 aliphatic rings. The highest BCUT2D eigenvalue weighted by Crippen LogP contribution is 2.20. The molecule has 0 heterocycles. The van der Waals surface area contributed by atoms with E-state index in [1.807, 2.05) is 13.0 Å². The fourth-order valence-electron chi connectivity index (χ4n) is 2.09. The minimum atomic E-state index is -3.72. The van der Waals surface area contributed by atoms with Crippen molar-refractivity contribution in [3.05, 3.63) is 68.5 Å². The Labute approximate surface area is 166 Å². The molecule has 8 heteroatoms. The van der Waals surface area contributed by atoms with Gasteiger partial charge in [0.15, 0.2) is 0 Å². The van der Waals surface area contributed by atoms with Crippen LogP contribution >= 0.6 is 27.5 Å². The van der Waals surface area contributed by atoms with E-state index in [-0.39, 0.29) is 6.54 Å². The van der Waals surface area contributed by atoms with Gasteiger partial charge in [0.1, 0.15) is 0 Å².